The van der Waals surface area contributed by atoms with Crippen LogP contribution in [-0.4, -0.2) is 183 Å². The quantitative estimate of drug-likeness (QED) is 0.0711. The highest BCUT2D eigenvalue weighted by atomic mass is 16.6. The van der Waals surface area contributed by atoms with Crippen LogP contribution in [0.25, 0.3) is 0 Å². The Kier molecular flexibility index (Phi) is 39.3. The van der Waals surface area contributed by atoms with Gasteiger partial charge in [-0.1, -0.05) is 0 Å². The summed E-state index contributed by atoms with van der Waals surface area (Å²) < 4.78 is 69.5. The molecule has 0 heterocycles. The smallest absolute Gasteiger partial charge is 0.305 e. The van der Waals surface area contributed by atoms with Crippen molar-refractivity contribution in [2.75, 3.05) is 166 Å². The van der Waals surface area contributed by atoms with E-state index in [1.54, 1.807) is 7.11 Å². The van der Waals surface area contributed by atoms with Gasteiger partial charge in [-0.2, -0.15) is 0 Å². The predicted molar refractivity (Wildman–Crippen MR) is 168 cm³/mol. The molecule has 0 aromatic carbocycles. The molecule has 0 atom stereocenters. The van der Waals surface area contributed by atoms with Crippen LogP contribution >= 0.6 is 0 Å². The molecule has 280 valence electrons. The molecule has 1 N–H and O–H groups in total. The van der Waals surface area contributed by atoms with Crippen molar-refractivity contribution in [3.8, 4) is 0 Å². The Balaban J connectivity index is 3.09. The number of methoxy groups -OCH3 is 1. The van der Waals surface area contributed by atoms with Crippen LogP contribution in [0.5, 0.6) is 0 Å². The van der Waals surface area contributed by atoms with Gasteiger partial charge in [0.15, 0.2) is 0 Å². The van der Waals surface area contributed by atoms with Crippen LogP contribution in [0.15, 0.2) is 0 Å². The number of ether oxygens (including phenoxy) is 13. The first-order valence-corrected chi connectivity index (χ1v) is 16.4. The average Bonchev–Trinajstić information content (AvgIpc) is 3.06. The summed E-state index contributed by atoms with van der Waals surface area (Å²) in [7, 11) is 1.64. The highest BCUT2D eigenvalue weighted by Gasteiger charge is 2.04. The van der Waals surface area contributed by atoms with Gasteiger partial charge in [-0.15, -0.1) is 0 Å². The largest absolute Gasteiger partial charge is 0.481 e. The van der Waals surface area contributed by atoms with Crippen LogP contribution in [0.4, 0.5) is 0 Å². The van der Waals surface area contributed by atoms with Crippen LogP contribution in [-0.2, 0) is 71.2 Å². The van der Waals surface area contributed by atoms with E-state index in [1.807, 2.05) is 0 Å². The van der Waals surface area contributed by atoms with Gasteiger partial charge in [0.2, 0.25) is 0 Å². The topological polar surface area (TPSA) is 174 Å². The zero-order valence-corrected chi connectivity index (χ0v) is 28.4. The summed E-state index contributed by atoms with van der Waals surface area (Å²) in [6.45, 7) is 11.3. The molecule has 16 heteroatoms. The van der Waals surface area contributed by atoms with Gasteiger partial charge in [0, 0.05) is 20.0 Å². The van der Waals surface area contributed by atoms with Gasteiger partial charge >= 0.3 is 11.9 Å². The Hall–Kier alpha value is -1.54. The van der Waals surface area contributed by atoms with Crippen molar-refractivity contribution >= 4 is 11.9 Å². The minimum atomic E-state index is -0.863. The van der Waals surface area contributed by atoms with E-state index in [9.17, 15) is 9.59 Å². The van der Waals surface area contributed by atoms with Gasteiger partial charge in [-0.3, -0.25) is 9.59 Å². The number of carbonyl (C=O) groups excluding carboxylic acids is 1. The highest BCUT2D eigenvalue weighted by Crippen LogP contribution is 2.01. The van der Waals surface area contributed by atoms with Crippen molar-refractivity contribution < 1.29 is 76.3 Å². The predicted octanol–water partition coefficient (Wildman–Crippen LogP) is 1.00. The second-order valence-corrected chi connectivity index (χ2v) is 9.55. The maximum absolute atomic E-state index is 11.5. The van der Waals surface area contributed by atoms with Gasteiger partial charge < -0.3 is 66.7 Å². The van der Waals surface area contributed by atoms with Crippen LogP contribution in [0.3, 0.4) is 0 Å². The highest BCUT2D eigenvalue weighted by molar-refractivity contribution is 5.69. The number of carbonyl (C=O) groups is 2. The van der Waals surface area contributed by atoms with E-state index in [4.69, 9.17) is 66.7 Å². The molecule has 0 aliphatic carbocycles. The lowest BCUT2D eigenvalue weighted by atomic mass is 10.2. The van der Waals surface area contributed by atoms with Crippen LogP contribution in [0.1, 0.15) is 25.7 Å². The summed E-state index contributed by atoms with van der Waals surface area (Å²) in [6, 6.07) is 0. The number of unbranched alkanes of at least 4 members (excludes halogenated alkanes) is 1. The Morgan fingerprint density at radius 2 is 0.596 bits per heavy atom. The summed E-state index contributed by atoms with van der Waals surface area (Å²) in [5.74, 6) is -1.21. The molecule has 0 saturated carbocycles. The summed E-state index contributed by atoms with van der Waals surface area (Å²) in [4.78, 5) is 21.9. The standard InChI is InChI=1S/C31H60O16/c1-35-6-7-36-8-9-37-10-11-38-12-13-39-14-15-40-16-17-41-18-19-42-20-21-43-22-23-44-24-25-45-26-27-46-28-29-47-31(34)5-3-2-4-30(32)33/h2-29H2,1H3,(H,32,33). The Labute approximate surface area is 279 Å². The van der Waals surface area contributed by atoms with Crippen molar-refractivity contribution in [3.63, 3.8) is 0 Å². The van der Waals surface area contributed by atoms with E-state index in [0.29, 0.717) is 158 Å². The molecule has 0 unspecified atom stereocenters. The van der Waals surface area contributed by atoms with Crippen molar-refractivity contribution in [3.05, 3.63) is 0 Å². The van der Waals surface area contributed by atoms with Crippen LogP contribution in [0.2, 0.25) is 0 Å². The molecule has 0 rings (SSSR count). The van der Waals surface area contributed by atoms with Gasteiger partial charge in [-0.05, 0) is 12.8 Å². The number of carboxylic acids is 1. The molecular formula is C31H60O16. The maximum atomic E-state index is 11.5. The minimum Gasteiger partial charge on any atom is -0.481 e. The molecule has 0 radical (unpaired) electrons. The number of esters is 1. The third kappa shape index (κ3) is 42.4. The summed E-state index contributed by atoms with van der Waals surface area (Å²) >= 11 is 0. The van der Waals surface area contributed by atoms with Gasteiger partial charge in [-0.25, -0.2) is 0 Å². The zero-order valence-electron chi connectivity index (χ0n) is 28.4. The molecule has 0 aromatic heterocycles. The van der Waals surface area contributed by atoms with E-state index in [1.165, 1.54) is 0 Å². The Morgan fingerprint density at radius 3 is 0.851 bits per heavy atom. The second kappa shape index (κ2) is 40.6. The fourth-order valence-corrected chi connectivity index (χ4v) is 3.28. The first kappa shape index (κ1) is 45.5. The molecule has 0 aromatic rings. The maximum Gasteiger partial charge on any atom is 0.305 e. The van der Waals surface area contributed by atoms with E-state index in [2.05, 4.69) is 0 Å². The fourth-order valence-electron chi connectivity index (χ4n) is 3.28. The van der Waals surface area contributed by atoms with Crippen LogP contribution < -0.4 is 0 Å². The molecule has 0 bridgehead atoms. The number of carboxylic acid groups (broad SMARTS) is 1. The summed E-state index contributed by atoms with van der Waals surface area (Å²) in [5.41, 5.74) is 0. The molecule has 0 amide bonds. The third-order valence-corrected chi connectivity index (χ3v) is 5.66. The monoisotopic (exact) mass is 688 g/mol. The van der Waals surface area contributed by atoms with E-state index >= 15 is 0 Å². The SMILES string of the molecule is COCCOCCOCCOCCOCCOCCOCCOCCOCCOCCOCCOCCOC(=O)CCCCC(=O)O. The van der Waals surface area contributed by atoms with Gasteiger partial charge in [0.05, 0.1) is 152 Å². The molecule has 0 aliphatic heterocycles. The van der Waals surface area contributed by atoms with Crippen molar-refractivity contribution in [1.82, 2.24) is 0 Å². The van der Waals surface area contributed by atoms with Crippen molar-refractivity contribution in [2.24, 2.45) is 0 Å². The Morgan fingerprint density at radius 1 is 0.362 bits per heavy atom. The fraction of sp³-hybridized carbons (Fsp3) is 0.935. The molecule has 0 fully saturated rings. The van der Waals surface area contributed by atoms with Crippen molar-refractivity contribution in [2.45, 2.75) is 25.7 Å². The number of hydrogen-bond acceptors (Lipinski definition) is 15. The number of aliphatic carboxylic acids is 1. The van der Waals surface area contributed by atoms with Crippen LogP contribution in [0, 0.1) is 0 Å². The lowest BCUT2D eigenvalue weighted by Crippen LogP contribution is -2.15. The second-order valence-electron chi connectivity index (χ2n) is 9.55. The number of hydrogen-bond donors (Lipinski definition) is 1. The molecule has 0 aliphatic rings. The Bertz CT molecular complexity index is 643. The van der Waals surface area contributed by atoms with E-state index < -0.39 is 5.97 Å². The molecule has 16 nitrogen and oxygen atoms in total. The normalized spacial score (nSPS) is 11.3. The minimum absolute atomic E-state index is 0.0595. The van der Waals surface area contributed by atoms with Crippen molar-refractivity contribution in [1.29, 1.82) is 0 Å². The number of rotatable bonds is 41. The first-order valence-electron chi connectivity index (χ1n) is 16.4. The zero-order chi connectivity index (χ0) is 34.1. The lowest BCUT2D eigenvalue weighted by molar-refractivity contribution is -0.146. The third-order valence-electron chi connectivity index (χ3n) is 5.66. The molecule has 0 saturated heterocycles. The molecule has 47 heavy (non-hydrogen) atoms. The van der Waals surface area contributed by atoms with Gasteiger partial charge in [0.25, 0.3) is 0 Å². The van der Waals surface area contributed by atoms with E-state index in [-0.39, 0.29) is 32.0 Å². The first-order chi connectivity index (χ1) is 23.2. The summed E-state index contributed by atoms with van der Waals surface area (Å²) in [5, 5.41) is 8.55. The average molecular weight is 689 g/mol. The summed E-state index contributed by atoms with van der Waals surface area (Å²) in [6.07, 6.45) is 1.23. The lowest BCUT2D eigenvalue weighted by Gasteiger charge is -2.09. The van der Waals surface area contributed by atoms with E-state index in [0.717, 1.165) is 0 Å². The molecule has 0 spiro atoms. The van der Waals surface area contributed by atoms with Gasteiger partial charge in [0.1, 0.15) is 6.61 Å². The molecular weight excluding hydrogens is 628 g/mol.